The molecule has 0 fully saturated rings. The minimum absolute atomic E-state index is 0.213. The minimum atomic E-state index is -0.556. The lowest BCUT2D eigenvalue weighted by atomic mass is 10.2. The molecule has 2 aromatic rings. The molecule has 0 radical (unpaired) electrons. The van der Waals surface area contributed by atoms with Gasteiger partial charge in [0.1, 0.15) is 10.9 Å². The van der Waals surface area contributed by atoms with E-state index in [2.05, 4.69) is 6.07 Å². The number of nitrogens with zero attached hydrogens (tertiary/aromatic N) is 1. The van der Waals surface area contributed by atoms with Gasteiger partial charge in [0.25, 0.3) is 5.91 Å². The largest absolute Gasteiger partial charge is 0.481 e. The van der Waals surface area contributed by atoms with E-state index in [1.54, 1.807) is 0 Å². The topological polar surface area (TPSA) is 76.1 Å². The first-order valence-electron chi connectivity index (χ1n) is 4.55. The molecule has 0 unspecified atom stereocenters. The van der Waals surface area contributed by atoms with Crippen LogP contribution in [-0.4, -0.2) is 12.5 Å². The zero-order chi connectivity index (χ0) is 11.5. The molecule has 2 rings (SSSR count). The van der Waals surface area contributed by atoms with E-state index in [9.17, 15) is 4.79 Å². The monoisotopic (exact) mass is 232 g/mol. The van der Waals surface area contributed by atoms with Gasteiger partial charge in [0.15, 0.2) is 12.4 Å². The summed E-state index contributed by atoms with van der Waals surface area (Å²) in [6.07, 6.45) is 0. The van der Waals surface area contributed by atoms with Crippen LogP contribution in [0.15, 0.2) is 24.3 Å². The fourth-order valence-electron chi connectivity index (χ4n) is 1.38. The molecule has 4 nitrogen and oxygen atoms in total. The summed E-state index contributed by atoms with van der Waals surface area (Å²) in [6.45, 7) is -0.213. The standard InChI is InChI=1S/C11H8N2O2S/c12-5-9-11(15-6-10(13)14)7-3-1-2-4-8(7)16-9/h1-4H,6H2,(H2,13,14). The lowest BCUT2D eigenvalue weighted by Crippen LogP contribution is -2.20. The van der Waals surface area contributed by atoms with Gasteiger partial charge >= 0.3 is 0 Å². The van der Waals surface area contributed by atoms with E-state index in [4.69, 9.17) is 15.7 Å². The number of ether oxygens (including phenoxy) is 1. The molecule has 0 aliphatic rings. The van der Waals surface area contributed by atoms with Crippen molar-refractivity contribution in [2.45, 2.75) is 0 Å². The molecular formula is C11H8N2O2S. The second-order valence-electron chi connectivity index (χ2n) is 3.12. The molecule has 0 saturated heterocycles. The number of carbonyl (C=O) groups is 1. The van der Waals surface area contributed by atoms with E-state index in [0.29, 0.717) is 10.6 Å². The number of thiophene rings is 1. The molecule has 0 aliphatic carbocycles. The molecule has 1 amide bonds. The van der Waals surface area contributed by atoms with E-state index >= 15 is 0 Å². The summed E-state index contributed by atoms with van der Waals surface area (Å²) in [5.74, 6) is -0.110. The smallest absolute Gasteiger partial charge is 0.255 e. The van der Waals surface area contributed by atoms with Crippen LogP contribution in [0.1, 0.15) is 4.88 Å². The third-order valence-corrected chi connectivity index (χ3v) is 3.07. The number of fused-ring (bicyclic) bond motifs is 1. The Morgan fingerprint density at radius 3 is 2.94 bits per heavy atom. The lowest BCUT2D eigenvalue weighted by Gasteiger charge is -2.01. The predicted molar refractivity (Wildman–Crippen MR) is 61.2 cm³/mol. The van der Waals surface area contributed by atoms with Crippen LogP contribution >= 0.6 is 11.3 Å². The summed E-state index contributed by atoms with van der Waals surface area (Å²) in [5.41, 5.74) is 5.00. The third-order valence-electron chi connectivity index (χ3n) is 2.01. The molecule has 1 heterocycles. The van der Waals surface area contributed by atoms with Crippen molar-refractivity contribution in [1.82, 2.24) is 0 Å². The Morgan fingerprint density at radius 1 is 1.50 bits per heavy atom. The Balaban J connectivity index is 2.48. The number of nitriles is 1. The van der Waals surface area contributed by atoms with Gasteiger partial charge in [0.2, 0.25) is 0 Å². The highest BCUT2D eigenvalue weighted by Gasteiger charge is 2.13. The van der Waals surface area contributed by atoms with Gasteiger partial charge in [-0.25, -0.2) is 0 Å². The number of rotatable bonds is 3. The summed E-state index contributed by atoms with van der Waals surface area (Å²) < 4.78 is 6.21. The van der Waals surface area contributed by atoms with Crippen LogP contribution in [0.2, 0.25) is 0 Å². The van der Waals surface area contributed by atoms with Crippen molar-refractivity contribution in [3.05, 3.63) is 29.1 Å². The van der Waals surface area contributed by atoms with Gasteiger partial charge in [0, 0.05) is 10.1 Å². The molecule has 0 spiro atoms. The van der Waals surface area contributed by atoms with Crippen LogP contribution in [0.25, 0.3) is 10.1 Å². The van der Waals surface area contributed by atoms with Gasteiger partial charge in [0.05, 0.1) is 0 Å². The van der Waals surface area contributed by atoms with Crippen molar-refractivity contribution in [2.24, 2.45) is 5.73 Å². The molecule has 2 N–H and O–H groups in total. The third kappa shape index (κ3) is 1.83. The van der Waals surface area contributed by atoms with Gasteiger partial charge in [-0.05, 0) is 12.1 Å². The average Bonchev–Trinajstić information content (AvgIpc) is 2.64. The molecule has 1 aromatic heterocycles. The highest BCUT2D eigenvalue weighted by Crippen LogP contribution is 2.36. The SMILES string of the molecule is N#Cc1sc2ccccc2c1OCC(N)=O. The van der Waals surface area contributed by atoms with Gasteiger partial charge in [-0.15, -0.1) is 11.3 Å². The molecule has 16 heavy (non-hydrogen) atoms. The van der Waals surface area contributed by atoms with Gasteiger partial charge in [-0.1, -0.05) is 12.1 Å². The highest BCUT2D eigenvalue weighted by molar-refractivity contribution is 7.20. The first-order chi connectivity index (χ1) is 7.72. The first-order valence-corrected chi connectivity index (χ1v) is 5.36. The zero-order valence-corrected chi connectivity index (χ0v) is 9.08. The van der Waals surface area contributed by atoms with Gasteiger partial charge < -0.3 is 10.5 Å². The summed E-state index contributed by atoms with van der Waals surface area (Å²) in [5, 5.41) is 9.79. The molecule has 80 valence electrons. The summed E-state index contributed by atoms with van der Waals surface area (Å²) in [4.78, 5) is 11.1. The number of hydrogen-bond donors (Lipinski definition) is 1. The van der Waals surface area contributed by atoms with Crippen LogP contribution in [0, 0.1) is 11.3 Å². The van der Waals surface area contributed by atoms with Crippen LogP contribution in [0.5, 0.6) is 5.75 Å². The molecule has 1 aromatic carbocycles. The Hall–Kier alpha value is -2.06. The number of nitrogens with two attached hydrogens (primary N) is 1. The van der Waals surface area contributed by atoms with E-state index in [0.717, 1.165) is 10.1 Å². The van der Waals surface area contributed by atoms with Crippen LogP contribution in [0.4, 0.5) is 0 Å². The Labute approximate surface area is 95.9 Å². The minimum Gasteiger partial charge on any atom is -0.481 e. The summed E-state index contributed by atoms with van der Waals surface area (Å²) in [6, 6.07) is 9.54. The molecule has 0 bridgehead atoms. The number of amides is 1. The average molecular weight is 232 g/mol. The zero-order valence-electron chi connectivity index (χ0n) is 8.27. The first kappa shape index (κ1) is 10.5. The van der Waals surface area contributed by atoms with Crippen LogP contribution < -0.4 is 10.5 Å². The van der Waals surface area contributed by atoms with Crippen molar-refractivity contribution in [2.75, 3.05) is 6.61 Å². The maximum absolute atomic E-state index is 10.6. The molecule has 0 aliphatic heterocycles. The van der Waals surface area contributed by atoms with Gasteiger partial charge in [-0.3, -0.25) is 4.79 Å². The molecule has 0 saturated carbocycles. The Morgan fingerprint density at radius 2 is 2.25 bits per heavy atom. The summed E-state index contributed by atoms with van der Waals surface area (Å²) in [7, 11) is 0. The Kier molecular flexibility index (Phi) is 2.75. The number of carbonyl (C=O) groups excluding carboxylic acids is 1. The normalized spacial score (nSPS) is 9.94. The highest BCUT2D eigenvalue weighted by atomic mass is 32.1. The van der Waals surface area contributed by atoms with Crippen LogP contribution in [0.3, 0.4) is 0 Å². The van der Waals surface area contributed by atoms with E-state index in [1.165, 1.54) is 11.3 Å². The van der Waals surface area contributed by atoms with E-state index < -0.39 is 5.91 Å². The lowest BCUT2D eigenvalue weighted by molar-refractivity contribution is -0.119. The molecule has 0 atom stereocenters. The summed E-state index contributed by atoms with van der Waals surface area (Å²) >= 11 is 1.34. The van der Waals surface area contributed by atoms with Crippen LogP contribution in [-0.2, 0) is 4.79 Å². The van der Waals surface area contributed by atoms with Crippen molar-refractivity contribution < 1.29 is 9.53 Å². The maximum atomic E-state index is 10.6. The number of benzene rings is 1. The fraction of sp³-hybridized carbons (Fsp3) is 0.0909. The maximum Gasteiger partial charge on any atom is 0.255 e. The second-order valence-corrected chi connectivity index (χ2v) is 4.18. The van der Waals surface area contributed by atoms with Crippen molar-refractivity contribution >= 4 is 27.3 Å². The second kappa shape index (κ2) is 4.21. The van der Waals surface area contributed by atoms with Crippen molar-refractivity contribution in [3.63, 3.8) is 0 Å². The Bertz CT molecular complexity index is 583. The van der Waals surface area contributed by atoms with E-state index in [1.807, 2.05) is 24.3 Å². The fourth-order valence-corrected chi connectivity index (χ4v) is 2.33. The van der Waals surface area contributed by atoms with E-state index in [-0.39, 0.29) is 6.61 Å². The van der Waals surface area contributed by atoms with Crippen molar-refractivity contribution in [1.29, 1.82) is 5.26 Å². The molecule has 5 heteroatoms. The predicted octanol–water partition coefficient (Wildman–Crippen LogP) is 1.64. The molecular weight excluding hydrogens is 224 g/mol. The quantitative estimate of drug-likeness (QED) is 0.873. The van der Waals surface area contributed by atoms with Gasteiger partial charge in [-0.2, -0.15) is 5.26 Å². The van der Waals surface area contributed by atoms with Crippen molar-refractivity contribution in [3.8, 4) is 11.8 Å². The number of primary amides is 1. The number of hydrogen-bond acceptors (Lipinski definition) is 4.